The first-order chi connectivity index (χ1) is 6.86. The number of hydrogen-bond donors (Lipinski definition) is 0. The minimum atomic E-state index is 0.612. The van der Waals surface area contributed by atoms with Gasteiger partial charge in [-0.05, 0) is 24.1 Å². The Morgan fingerprint density at radius 2 is 1.93 bits per heavy atom. The van der Waals surface area contributed by atoms with Crippen LogP contribution in [0.3, 0.4) is 0 Å². The van der Waals surface area contributed by atoms with Gasteiger partial charge >= 0.3 is 0 Å². The molecule has 0 fully saturated rings. The summed E-state index contributed by atoms with van der Waals surface area (Å²) >= 11 is 0. The summed E-state index contributed by atoms with van der Waals surface area (Å²) in [6.07, 6.45) is 4.73. The van der Waals surface area contributed by atoms with E-state index in [2.05, 4.69) is 6.92 Å². The molecule has 0 amide bonds. The van der Waals surface area contributed by atoms with Gasteiger partial charge in [0.1, 0.15) is 12.4 Å². The summed E-state index contributed by atoms with van der Waals surface area (Å²) in [6, 6.07) is 7.86. The van der Waals surface area contributed by atoms with Crippen LogP contribution in [0.5, 0.6) is 5.75 Å². The van der Waals surface area contributed by atoms with Crippen LogP contribution < -0.4 is 4.74 Å². The maximum absolute atomic E-state index is 5.31. The summed E-state index contributed by atoms with van der Waals surface area (Å²) in [5.41, 5.74) is 1.14. The van der Waals surface area contributed by atoms with Gasteiger partial charge in [-0.3, -0.25) is 0 Å². The lowest BCUT2D eigenvalue weighted by atomic mass is 10.2. The van der Waals surface area contributed by atoms with Gasteiger partial charge in [0.05, 0.1) is 13.4 Å². The van der Waals surface area contributed by atoms with Crippen molar-refractivity contribution < 1.29 is 9.47 Å². The van der Waals surface area contributed by atoms with Crippen molar-refractivity contribution in [1.29, 1.82) is 0 Å². The zero-order valence-electron chi connectivity index (χ0n) is 8.69. The topological polar surface area (TPSA) is 18.5 Å². The van der Waals surface area contributed by atoms with Crippen molar-refractivity contribution in [3.63, 3.8) is 0 Å². The van der Waals surface area contributed by atoms with Crippen molar-refractivity contribution in [1.82, 2.24) is 0 Å². The fraction of sp³-hybridized carbons (Fsp3) is 0.333. The van der Waals surface area contributed by atoms with Crippen LogP contribution in [0.15, 0.2) is 36.6 Å². The Balaban J connectivity index is 2.40. The van der Waals surface area contributed by atoms with Crippen LogP contribution in [-0.4, -0.2) is 7.11 Å². The maximum Gasteiger partial charge on any atom is 0.118 e. The van der Waals surface area contributed by atoms with Crippen LogP contribution in [0.1, 0.15) is 18.9 Å². The molecule has 0 atom stereocenters. The summed E-state index contributed by atoms with van der Waals surface area (Å²) in [7, 11) is 1.66. The van der Waals surface area contributed by atoms with E-state index >= 15 is 0 Å². The molecule has 1 rings (SSSR count). The third kappa shape index (κ3) is 3.52. The largest absolute Gasteiger partial charge is 0.497 e. The SMILES string of the molecule is CCC=COCc1ccc(OC)cc1. The van der Waals surface area contributed by atoms with Gasteiger partial charge in [0, 0.05) is 0 Å². The second kappa shape index (κ2) is 6.08. The lowest BCUT2D eigenvalue weighted by Crippen LogP contribution is -1.87. The highest BCUT2D eigenvalue weighted by Crippen LogP contribution is 2.11. The minimum Gasteiger partial charge on any atom is -0.497 e. The van der Waals surface area contributed by atoms with E-state index in [1.165, 1.54) is 0 Å². The zero-order valence-corrected chi connectivity index (χ0v) is 8.69. The van der Waals surface area contributed by atoms with Gasteiger partial charge in [0.15, 0.2) is 0 Å². The van der Waals surface area contributed by atoms with E-state index in [4.69, 9.17) is 9.47 Å². The number of benzene rings is 1. The van der Waals surface area contributed by atoms with Gasteiger partial charge in [-0.15, -0.1) is 0 Å². The van der Waals surface area contributed by atoms with Crippen LogP contribution >= 0.6 is 0 Å². The molecular weight excluding hydrogens is 176 g/mol. The Morgan fingerprint density at radius 1 is 1.21 bits per heavy atom. The number of rotatable bonds is 5. The summed E-state index contributed by atoms with van der Waals surface area (Å²) in [5.74, 6) is 0.873. The number of allylic oxidation sites excluding steroid dienone is 1. The lowest BCUT2D eigenvalue weighted by Gasteiger charge is -2.02. The molecular formula is C12H16O2. The standard InChI is InChI=1S/C12H16O2/c1-3-4-9-14-10-11-5-7-12(13-2)8-6-11/h4-9H,3,10H2,1-2H3. The molecule has 0 bridgehead atoms. The predicted octanol–water partition coefficient (Wildman–Crippen LogP) is 3.14. The average Bonchev–Trinajstić information content (AvgIpc) is 2.25. The molecule has 0 aliphatic rings. The van der Waals surface area contributed by atoms with Crippen molar-refractivity contribution in [2.45, 2.75) is 20.0 Å². The van der Waals surface area contributed by atoms with Gasteiger partial charge in [0.25, 0.3) is 0 Å². The van der Waals surface area contributed by atoms with Gasteiger partial charge in [-0.1, -0.05) is 25.1 Å². The second-order valence-electron chi connectivity index (χ2n) is 2.94. The summed E-state index contributed by atoms with van der Waals surface area (Å²) in [5, 5.41) is 0. The van der Waals surface area contributed by atoms with E-state index in [9.17, 15) is 0 Å². The zero-order chi connectivity index (χ0) is 10.2. The molecule has 0 aliphatic carbocycles. The molecule has 1 aromatic rings. The highest BCUT2D eigenvalue weighted by molar-refractivity contribution is 5.26. The van der Waals surface area contributed by atoms with Crippen molar-refractivity contribution in [2.24, 2.45) is 0 Å². The monoisotopic (exact) mass is 192 g/mol. The van der Waals surface area contributed by atoms with Crippen molar-refractivity contribution in [2.75, 3.05) is 7.11 Å². The highest BCUT2D eigenvalue weighted by Gasteiger charge is 1.92. The van der Waals surface area contributed by atoms with Crippen LogP contribution in [0, 0.1) is 0 Å². The van der Waals surface area contributed by atoms with Crippen LogP contribution in [-0.2, 0) is 11.3 Å². The lowest BCUT2D eigenvalue weighted by molar-refractivity contribution is 0.235. The molecule has 0 unspecified atom stereocenters. The molecule has 1 aromatic carbocycles. The third-order valence-electron chi connectivity index (χ3n) is 1.84. The van der Waals surface area contributed by atoms with Crippen molar-refractivity contribution >= 4 is 0 Å². The number of hydrogen-bond acceptors (Lipinski definition) is 2. The maximum atomic E-state index is 5.31. The normalized spacial score (nSPS) is 10.4. The molecule has 0 radical (unpaired) electrons. The first kappa shape index (κ1) is 10.6. The Morgan fingerprint density at radius 3 is 2.50 bits per heavy atom. The first-order valence-electron chi connectivity index (χ1n) is 4.76. The summed E-state index contributed by atoms with van der Waals surface area (Å²) < 4.78 is 10.4. The molecule has 2 heteroatoms. The summed E-state index contributed by atoms with van der Waals surface area (Å²) in [4.78, 5) is 0. The number of ether oxygens (including phenoxy) is 2. The van der Waals surface area contributed by atoms with Crippen LogP contribution in [0.2, 0.25) is 0 Å². The average molecular weight is 192 g/mol. The van der Waals surface area contributed by atoms with Crippen molar-refractivity contribution in [3.05, 3.63) is 42.2 Å². The van der Waals surface area contributed by atoms with Crippen LogP contribution in [0.25, 0.3) is 0 Å². The molecule has 0 heterocycles. The molecule has 76 valence electrons. The quantitative estimate of drug-likeness (QED) is 0.667. The van der Waals surface area contributed by atoms with Gasteiger partial charge < -0.3 is 9.47 Å². The van der Waals surface area contributed by atoms with Crippen molar-refractivity contribution in [3.8, 4) is 5.75 Å². The van der Waals surface area contributed by atoms with E-state index in [0.717, 1.165) is 17.7 Å². The van der Waals surface area contributed by atoms with Crippen LogP contribution in [0.4, 0.5) is 0 Å². The summed E-state index contributed by atoms with van der Waals surface area (Å²) in [6.45, 7) is 2.69. The predicted molar refractivity (Wildman–Crippen MR) is 57.2 cm³/mol. The Hall–Kier alpha value is -1.44. The first-order valence-corrected chi connectivity index (χ1v) is 4.76. The van der Waals surface area contributed by atoms with E-state index in [-0.39, 0.29) is 0 Å². The Kier molecular flexibility index (Phi) is 4.62. The molecule has 0 aliphatic heterocycles. The molecule has 14 heavy (non-hydrogen) atoms. The van der Waals surface area contributed by atoms with Gasteiger partial charge in [-0.25, -0.2) is 0 Å². The van der Waals surface area contributed by atoms with Gasteiger partial charge in [0.2, 0.25) is 0 Å². The molecule has 0 saturated heterocycles. The fourth-order valence-electron chi connectivity index (χ4n) is 1.03. The fourth-order valence-corrected chi connectivity index (χ4v) is 1.03. The van der Waals surface area contributed by atoms with E-state index in [0.29, 0.717) is 6.61 Å². The molecule has 0 N–H and O–H groups in total. The third-order valence-corrected chi connectivity index (χ3v) is 1.84. The Bertz CT molecular complexity index is 275. The smallest absolute Gasteiger partial charge is 0.118 e. The molecule has 0 aromatic heterocycles. The second-order valence-corrected chi connectivity index (χ2v) is 2.94. The minimum absolute atomic E-state index is 0.612. The number of methoxy groups -OCH3 is 1. The van der Waals surface area contributed by atoms with E-state index in [1.807, 2.05) is 30.3 Å². The molecule has 2 nitrogen and oxygen atoms in total. The molecule has 0 spiro atoms. The highest BCUT2D eigenvalue weighted by atomic mass is 16.5. The van der Waals surface area contributed by atoms with E-state index in [1.54, 1.807) is 13.4 Å². The molecule has 0 saturated carbocycles. The van der Waals surface area contributed by atoms with E-state index < -0.39 is 0 Å². The van der Waals surface area contributed by atoms with Gasteiger partial charge in [-0.2, -0.15) is 0 Å². The Labute approximate surface area is 85.2 Å².